The average molecular weight is 228 g/mol. The summed E-state index contributed by atoms with van der Waals surface area (Å²) in [5.74, 6) is 0.532. The highest BCUT2D eigenvalue weighted by Gasteiger charge is 2.18. The molecule has 82 valence electrons. The lowest BCUT2D eigenvalue weighted by atomic mass is 10.2. The average Bonchev–Trinajstić information content (AvgIpc) is 2.63. The fourth-order valence-electron chi connectivity index (χ4n) is 1.59. The van der Waals surface area contributed by atoms with Crippen LogP contribution in [0.5, 0.6) is 5.75 Å². The Morgan fingerprint density at radius 3 is 2.93 bits per heavy atom. The molecule has 0 aromatic heterocycles. The molecule has 0 spiro atoms. The Balaban J connectivity index is 2.38. The van der Waals surface area contributed by atoms with E-state index in [1.165, 1.54) is 6.07 Å². The minimum absolute atomic E-state index is 0.230. The molecule has 0 bridgehead atoms. The molecule has 0 unspecified atom stereocenters. The summed E-state index contributed by atoms with van der Waals surface area (Å²) in [4.78, 5) is 0.265. The Kier molecular flexibility index (Phi) is 2.67. The van der Waals surface area contributed by atoms with Crippen LogP contribution in [0.25, 0.3) is 0 Å². The molecule has 1 aromatic rings. The van der Waals surface area contributed by atoms with Crippen LogP contribution in [-0.4, -0.2) is 32.5 Å². The van der Waals surface area contributed by atoms with E-state index >= 15 is 0 Å². The van der Waals surface area contributed by atoms with Crippen molar-refractivity contribution in [2.75, 3.05) is 19.0 Å². The van der Waals surface area contributed by atoms with E-state index < -0.39 is 9.84 Å². The van der Waals surface area contributed by atoms with Crippen LogP contribution in [-0.2, 0) is 16.3 Å². The third-order valence-electron chi connectivity index (χ3n) is 2.38. The zero-order valence-electron chi connectivity index (χ0n) is 8.14. The van der Waals surface area contributed by atoms with Crippen molar-refractivity contribution < 1.29 is 18.3 Å². The number of hydrogen-bond acceptors (Lipinski definition) is 4. The maximum atomic E-state index is 11.6. The molecule has 1 heterocycles. The van der Waals surface area contributed by atoms with E-state index in [4.69, 9.17) is 9.84 Å². The number of rotatable bonds is 3. The normalized spacial score (nSPS) is 14.7. The summed E-state index contributed by atoms with van der Waals surface area (Å²) in [6.07, 6.45) is 0.748. The molecule has 0 saturated heterocycles. The summed E-state index contributed by atoms with van der Waals surface area (Å²) in [6.45, 7) is 0.259. The van der Waals surface area contributed by atoms with Gasteiger partial charge in [0.1, 0.15) is 5.75 Å². The van der Waals surface area contributed by atoms with E-state index in [-0.39, 0.29) is 17.3 Å². The minimum atomic E-state index is -3.34. The van der Waals surface area contributed by atoms with E-state index in [1.54, 1.807) is 12.1 Å². The molecule has 5 heteroatoms. The number of ether oxygens (including phenoxy) is 1. The number of aliphatic hydroxyl groups excluding tert-OH is 1. The van der Waals surface area contributed by atoms with Gasteiger partial charge in [-0.05, 0) is 23.8 Å². The van der Waals surface area contributed by atoms with Crippen molar-refractivity contribution in [2.24, 2.45) is 0 Å². The Labute approximate surface area is 88.4 Å². The lowest BCUT2D eigenvalue weighted by Crippen LogP contribution is -2.10. The Morgan fingerprint density at radius 1 is 1.40 bits per heavy atom. The van der Waals surface area contributed by atoms with Crippen molar-refractivity contribution in [1.29, 1.82) is 0 Å². The highest BCUT2D eigenvalue weighted by Crippen LogP contribution is 2.27. The minimum Gasteiger partial charge on any atom is -0.493 e. The largest absolute Gasteiger partial charge is 0.493 e. The number of aliphatic hydroxyl groups is 1. The molecule has 4 nitrogen and oxygen atoms in total. The lowest BCUT2D eigenvalue weighted by molar-refractivity contribution is 0.319. The number of fused-ring (bicyclic) bond motifs is 1. The van der Waals surface area contributed by atoms with Crippen LogP contribution in [0, 0.1) is 0 Å². The second-order valence-electron chi connectivity index (χ2n) is 3.41. The van der Waals surface area contributed by atoms with Crippen LogP contribution in [0.3, 0.4) is 0 Å². The van der Waals surface area contributed by atoms with Gasteiger partial charge in [-0.15, -0.1) is 0 Å². The molecule has 1 aromatic carbocycles. The smallest absolute Gasteiger partial charge is 0.180 e. The first-order chi connectivity index (χ1) is 7.13. The van der Waals surface area contributed by atoms with E-state index in [1.807, 2.05) is 0 Å². The fourth-order valence-corrected chi connectivity index (χ4v) is 2.67. The number of sulfone groups is 1. The van der Waals surface area contributed by atoms with E-state index in [0.29, 0.717) is 6.61 Å². The third-order valence-corrected chi connectivity index (χ3v) is 4.07. The Bertz CT molecular complexity index is 464. The predicted molar refractivity (Wildman–Crippen MR) is 54.8 cm³/mol. The summed E-state index contributed by atoms with van der Waals surface area (Å²) in [5.41, 5.74) is 0.925. The molecule has 0 saturated carbocycles. The molecular formula is C10H12O4S. The fraction of sp³-hybridized carbons (Fsp3) is 0.400. The maximum Gasteiger partial charge on any atom is 0.180 e. The van der Waals surface area contributed by atoms with Gasteiger partial charge in [-0.1, -0.05) is 0 Å². The van der Waals surface area contributed by atoms with Crippen molar-refractivity contribution >= 4 is 9.84 Å². The summed E-state index contributed by atoms with van der Waals surface area (Å²) in [7, 11) is -3.34. The van der Waals surface area contributed by atoms with Crippen molar-refractivity contribution in [1.82, 2.24) is 0 Å². The van der Waals surface area contributed by atoms with E-state index in [0.717, 1.165) is 17.7 Å². The van der Waals surface area contributed by atoms with Gasteiger partial charge in [0.15, 0.2) is 9.84 Å². The van der Waals surface area contributed by atoms with Gasteiger partial charge in [-0.3, -0.25) is 0 Å². The molecule has 0 fully saturated rings. The zero-order valence-corrected chi connectivity index (χ0v) is 8.96. The third kappa shape index (κ3) is 1.98. The monoisotopic (exact) mass is 228 g/mol. The molecule has 15 heavy (non-hydrogen) atoms. The lowest BCUT2D eigenvalue weighted by Gasteiger charge is -2.04. The van der Waals surface area contributed by atoms with Gasteiger partial charge in [0.05, 0.1) is 23.9 Å². The summed E-state index contributed by atoms with van der Waals surface area (Å²) >= 11 is 0. The first-order valence-corrected chi connectivity index (χ1v) is 6.38. The first kappa shape index (κ1) is 10.4. The summed E-state index contributed by atoms with van der Waals surface area (Å²) in [5, 5.41) is 8.65. The van der Waals surface area contributed by atoms with Crippen LogP contribution in [0.15, 0.2) is 23.1 Å². The van der Waals surface area contributed by atoms with E-state index in [9.17, 15) is 8.42 Å². The van der Waals surface area contributed by atoms with Gasteiger partial charge in [-0.25, -0.2) is 8.42 Å². The molecule has 0 atom stereocenters. The highest BCUT2D eigenvalue weighted by molar-refractivity contribution is 7.91. The molecule has 1 N–H and O–H groups in total. The van der Waals surface area contributed by atoms with Crippen molar-refractivity contribution in [3.63, 3.8) is 0 Å². The standard InChI is InChI=1S/C10H12O4S/c11-4-6-15(12,13)9-1-2-10-8(7-9)3-5-14-10/h1-2,7,11H,3-6H2. The summed E-state index contributed by atoms with van der Waals surface area (Å²) < 4.78 is 28.5. The molecule has 1 aliphatic rings. The Hall–Kier alpha value is -1.07. The van der Waals surface area contributed by atoms with Crippen LogP contribution in [0.2, 0.25) is 0 Å². The molecule has 0 aliphatic carbocycles. The van der Waals surface area contributed by atoms with Crippen LogP contribution in [0.4, 0.5) is 0 Å². The second-order valence-corrected chi connectivity index (χ2v) is 5.52. The maximum absolute atomic E-state index is 11.6. The van der Waals surface area contributed by atoms with E-state index in [2.05, 4.69) is 0 Å². The van der Waals surface area contributed by atoms with Gasteiger partial charge in [0.2, 0.25) is 0 Å². The summed E-state index contributed by atoms with van der Waals surface area (Å²) in [6, 6.07) is 4.83. The molecule has 0 amide bonds. The van der Waals surface area contributed by atoms with Crippen LogP contribution >= 0.6 is 0 Å². The number of hydrogen-bond donors (Lipinski definition) is 1. The zero-order chi connectivity index (χ0) is 10.9. The SMILES string of the molecule is O=S(=O)(CCO)c1ccc2c(c1)CCO2. The van der Waals surface area contributed by atoms with Crippen LogP contribution < -0.4 is 4.74 Å². The van der Waals surface area contributed by atoms with Crippen molar-refractivity contribution in [2.45, 2.75) is 11.3 Å². The molecule has 0 radical (unpaired) electrons. The molecule has 2 rings (SSSR count). The topological polar surface area (TPSA) is 63.6 Å². The van der Waals surface area contributed by atoms with Gasteiger partial charge in [-0.2, -0.15) is 0 Å². The van der Waals surface area contributed by atoms with Crippen molar-refractivity contribution in [3.8, 4) is 5.75 Å². The molecular weight excluding hydrogens is 216 g/mol. The quantitative estimate of drug-likeness (QED) is 0.812. The number of benzene rings is 1. The van der Waals surface area contributed by atoms with Crippen LogP contribution in [0.1, 0.15) is 5.56 Å². The van der Waals surface area contributed by atoms with Crippen molar-refractivity contribution in [3.05, 3.63) is 23.8 Å². The van der Waals surface area contributed by atoms with Gasteiger partial charge >= 0.3 is 0 Å². The first-order valence-electron chi connectivity index (χ1n) is 4.73. The van der Waals surface area contributed by atoms with Gasteiger partial charge in [0.25, 0.3) is 0 Å². The predicted octanol–water partition coefficient (Wildman–Crippen LogP) is 0.388. The van der Waals surface area contributed by atoms with Gasteiger partial charge in [0, 0.05) is 6.42 Å². The molecule has 1 aliphatic heterocycles. The second kappa shape index (κ2) is 3.83. The highest BCUT2D eigenvalue weighted by atomic mass is 32.2. The Morgan fingerprint density at radius 2 is 2.20 bits per heavy atom. The van der Waals surface area contributed by atoms with Gasteiger partial charge < -0.3 is 9.84 Å².